The number of nitrogens with zero attached hydrogens (tertiary/aromatic N) is 1. The summed E-state index contributed by atoms with van der Waals surface area (Å²) in [7, 11) is 0. The number of halogens is 1. The van der Waals surface area contributed by atoms with Crippen LogP contribution in [-0.4, -0.2) is 17.4 Å². The molecule has 0 unspecified atom stereocenters. The first kappa shape index (κ1) is 11.9. The van der Waals surface area contributed by atoms with Gasteiger partial charge < -0.3 is 9.73 Å². The van der Waals surface area contributed by atoms with Crippen LogP contribution in [0, 0.1) is 5.92 Å². The van der Waals surface area contributed by atoms with Gasteiger partial charge in [0.2, 0.25) is 0 Å². The van der Waals surface area contributed by atoms with Crippen LogP contribution >= 0.6 is 11.6 Å². The van der Waals surface area contributed by atoms with Crippen molar-refractivity contribution in [2.75, 3.05) is 6.54 Å². The number of amides is 1. The molecule has 0 saturated carbocycles. The highest BCUT2D eigenvalue weighted by molar-refractivity contribution is 6.28. The molecule has 2 rings (SSSR count). The average molecular weight is 253 g/mol. The molecule has 4 nitrogen and oxygen atoms in total. The minimum atomic E-state index is -0.111. The van der Waals surface area contributed by atoms with Crippen molar-refractivity contribution >= 4 is 28.6 Å². The monoisotopic (exact) mass is 252 g/mol. The van der Waals surface area contributed by atoms with Crippen molar-refractivity contribution in [2.24, 2.45) is 5.92 Å². The number of fused-ring (bicyclic) bond motifs is 1. The molecule has 0 aliphatic rings. The number of benzene rings is 1. The minimum Gasteiger partial charge on any atom is -0.428 e. The van der Waals surface area contributed by atoms with Gasteiger partial charge in [-0.15, -0.1) is 0 Å². The Labute approximate surface area is 104 Å². The smallest absolute Gasteiger partial charge is 0.293 e. The highest BCUT2D eigenvalue weighted by atomic mass is 35.5. The van der Waals surface area contributed by atoms with Crippen LogP contribution in [0.1, 0.15) is 24.2 Å². The molecule has 1 aromatic heterocycles. The summed E-state index contributed by atoms with van der Waals surface area (Å²) in [5.74, 6) is 0.309. The molecule has 90 valence electrons. The van der Waals surface area contributed by atoms with E-state index in [1.807, 2.05) is 13.8 Å². The Hall–Kier alpha value is -1.55. The number of rotatable bonds is 3. The molecule has 1 amide bonds. The summed E-state index contributed by atoms with van der Waals surface area (Å²) in [5.41, 5.74) is 1.73. The second-order valence-electron chi connectivity index (χ2n) is 4.25. The Morgan fingerprint density at radius 3 is 3.00 bits per heavy atom. The number of oxazole rings is 1. The maximum Gasteiger partial charge on any atom is 0.293 e. The molecule has 2 aromatic rings. The molecule has 0 fully saturated rings. The number of carbonyl (C=O) groups is 1. The molecule has 0 aliphatic carbocycles. The molecular formula is C12H13ClN2O2. The number of hydrogen-bond donors (Lipinski definition) is 1. The third-order valence-electron chi connectivity index (χ3n) is 2.29. The Morgan fingerprint density at radius 1 is 1.53 bits per heavy atom. The lowest BCUT2D eigenvalue weighted by Gasteiger charge is -2.07. The first-order valence-electron chi connectivity index (χ1n) is 5.40. The van der Waals surface area contributed by atoms with E-state index in [0.717, 1.165) is 0 Å². The Morgan fingerprint density at radius 2 is 2.29 bits per heavy atom. The van der Waals surface area contributed by atoms with Crippen LogP contribution in [-0.2, 0) is 0 Å². The van der Waals surface area contributed by atoms with E-state index < -0.39 is 0 Å². The van der Waals surface area contributed by atoms with Gasteiger partial charge in [0.1, 0.15) is 5.52 Å². The van der Waals surface area contributed by atoms with E-state index in [1.54, 1.807) is 18.2 Å². The summed E-state index contributed by atoms with van der Waals surface area (Å²) in [6.45, 7) is 4.73. The third-order valence-corrected chi connectivity index (χ3v) is 2.46. The van der Waals surface area contributed by atoms with E-state index in [4.69, 9.17) is 16.0 Å². The van der Waals surface area contributed by atoms with Gasteiger partial charge >= 0.3 is 0 Å². The van der Waals surface area contributed by atoms with E-state index in [0.29, 0.717) is 29.1 Å². The highest BCUT2D eigenvalue weighted by Crippen LogP contribution is 2.19. The summed E-state index contributed by atoms with van der Waals surface area (Å²) in [5, 5.41) is 2.92. The van der Waals surface area contributed by atoms with Crippen LogP contribution < -0.4 is 5.32 Å². The summed E-state index contributed by atoms with van der Waals surface area (Å²) >= 11 is 5.64. The number of carbonyl (C=O) groups excluding carboxylic acids is 1. The molecule has 0 bridgehead atoms. The molecule has 0 radical (unpaired) electrons. The van der Waals surface area contributed by atoms with E-state index in [1.165, 1.54) is 0 Å². The van der Waals surface area contributed by atoms with Gasteiger partial charge in [0.15, 0.2) is 5.58 Å². The van der Waals surface area contributed by atoms with Gasteiger partial charge in [-0.3, -0.25) is 4.79 Å². The fraction of sp³-hybridized carbons (Fsp3) is 0.333. The molecule has 0 atom stereocenters. The van der Waals surface area contributed by atoms with Gasteiger partial charge in [-0.2, -0.15) is 4.98 Å². The first-order chi connectivity index (χ1) is 8.06. The van der Waals surface area contributed by atoms with Crippen LogP contribution in [0.25, 0.3) is 11.1 Å². The standard InChI is InChI=1S/C12H13ClN2O2/c1-7(2)6-14-11(16)8-3-4-10-9(5-8)15-12(13)17-10/h3-5,7H,6H2,1-2H3,(H,14,16). The van der Waals surface area contributed by atoms with Crippen molar-refractivity contribution in [3.63, 3.8) is 0 Å². The molecule has 0 spiro atoms. The lowest BCUT2D eigenvalue weighted by molar-refractivity contribution is 0.0949. The fourth-order valence-corrected chi connectivity index (χ4v) is 1.61. The van der Waals surface area contributed by atoms with Crippen molar-refractivity contribution in [1.29, 1.82) is 0 Å². The number of hydrogen-bond acceptors (Lipinski definition) is 3. The largest absolute Gasteiger partial charge is 0.428 e. The molecule has 1 aromatic carbocycles. The molecule has 5 heteroatoms. The Bertz CT molecular complexity index is 548. The Balaban J connectivity index is 2.20. The van der Waals surface area contributed by atoms with Gasteiger partial charge in [-0.25, -0.2) is 0 Å². The zero-order valence-electron chi connectivity index (χ0n) is 9.66. The topological polar surface area (TPSA) is 55.1 Å². The SMILES string of the molecule is CC(C)CNC(=O)c1ccc2oc(Cl)nc2c1. The zero-order valence-corrected chi connectivity index (χ0v) is 10.4. The fourth-order valence-electron chi connectivity index (χ4n) is 1.44. The quantitative estimate of drug-likeness (QED) is 0.914. The lowest BCUT2D eigenvalue weighted by atomic mass is 10.1. The van der Waals surface area contributed by atoms with E-state index >= 15 is 0 Å². The van der Waals surface area contributed by atoms with Crippen molar-refractivity contribution < 1.29 is 9.21 Å². The first-order valence-corrected chi connectivity index (χ1v) is 5.78. The van der Waals surface area contributed by atoms with Gasteiger partial charge in [-0.1, -0.05) is 13.8 Å². The van der Waals surface area contributed by atoms with Crippen molar-refractivity contribution in [3.8, 4) is 0 Å². The minimum absolute atomic E-state index is 0.0831. The molecule has 1 heterocycles. The van der Waals surface area contributed by atoms with Gasteiger partial charge in [0.25, 0.3) is 11.3 Å². The van der Waals surface area contributed by atoms with Crippen LogP contribution in [0.4, 0.5) is 0 Å². The maximum absolute atomic E-state index is 11.8. The van der Waals surface area contributed by atoms with E-state index in [-0.39, 0.29) is 11.3 Å². The average Bonchev–Trinajstić information content (AvgIpc) is 2.64. The van der Waals surface area contributed by atoms with Crippen LogP contribution in [0.3, 0.4) is 0 Å². The number of nitrogens with one attached hydrogen (secondary N) is 1. The molecule has 1 N–H and O–H groups in total. The molecule has 0 saturated heterocycles. The molecule has 17 heavy (non-hydrogen) atoms. The Kier molecular flexibility index (Phi) is 3.33. The zero-order chi connectivity index (χ0) is 12.4. The van der Waals surface area contributed by atoms with Crippen molar-refractivity contribution in [3.05, 3.63) is 29.1 Å². The van der Waals surface area contributed by atoms with Crippen molar-refractivity contribution in [2.45, 2.75) is 13.8 Å². The highest BCUT2D eigenvalue weighted by Gasteiger charge is 2.09. The summed E-state index contributed by atoms with van der Waals surface area (Å²) in [6.07, 6.45) is 0. The second-order valence-corrected chi connectivity index (χ2v) is 4.58. The van der Waals surface area contributed by atoms with Gasteiger partial charge in [-0.05, 0) is 35.7 Å². The van der Waals surface area contributed by atoms with Crippen molar-refractivity contribution in [1.82, 2.24) is 10.3 Å². The summed E-state index contributed by atoms with van der Waals surface area (Å²) in [4.78, 5) is 15.8. The summed E-state index contributed by atoms with van der Waals surface area (Å²) < 4.78 is 5.12. The van der Waals surface area contributed by atoms with Gasteiger partial charge in [0.05, 0.1) is 0 Å². The van der Waals surface area contributed by atoms with Gasteiger partial charge in [0, 0.05) is 12.1 Å². The van der Waals surface area contributed by atoms with Crippen LogP contribution in [0.15, 0.2) is 22.6 Å². The predicted molar refractivity (Wildman–Crippen MR) is 66.2 cm³/mol. The number of aromatic nitrogens is 1. The summed E-state index contributed by atoms with van der Waals surface area (Å²) in [6, 6.07) is 5.05. The maximum atomic E-state index is 11.8. The second kappa shape index (κ2) is 4.75. The van der Waals surface area contributed by atoms with Crippen LogP contribution in [0.5, 0.6) is 0 Å². The molecule has 0 aliphatic heterocycles. The lowest BCUT2D eigenvalue weighted by Crippen LogP contribution is -2.27. The van der Waals surface area contributed by atoms with E-state index in [9.17, 15) is 4.79 Å². The normalized spacial score (nSPS) is 11.1. The third kappa shape index (κ3) is 2.77. The predicted octanol–water partition coefficient (Wildman–Crippen LogP) is 2.87. The van der Waals surface area contributed by atoms with E-state index in [2.05, 4.69) is 10.3 Å². The molecular weight excluding hydrogens is 240 g/mol. The van der Waals surface area contributed by atoms with Crippen LogP contribution in [0.2, 0.25) is 5.35 Å².